The molecule has 1 saturated heterocycles. The number of aromatic nitrogens is 2. The second kappa shape index (κ2) is 8.26. The van der Waals surface area contributed by atoms with E-state index in [1.807, 2.05) is 35.2 Å². The largest absolute Gasteiger partial charge is 0.349 e. The van der Waals surface area contributed by atoms with E-state index in [0.717, 1.165) is 18.4 Å². The molecule has 0 spiro atoms. The maximum absolute atomic E-state index is 12.8. The smallest absolute Gasteiger partial charge is 0.257 e. The van der Waals surface area contributed by atoms with Crippen molar-refractivity contribution in [2.75, 3.05) is 13.1 Å². The summed E-state index contributed by atoms with van der Waals surface area (Å²) in [5.41, 5.74) is 2.06. The van der Waals surface area contributed by atoms with Crippen molar-refractivity contribution < 1.29 is 14.1 Å². The predicted octanol–water partition coefficient (Wildman–Crippen LogP) is 3.08. The van der Waals surface area contributed by atoms with Crippen LogP contribution in [0.3, 0.4) is 0 Å². The van der Waals surface area contributed by atoms with Crippen molar-refractivity contribution in [3.8, 4) is 11.5 Å². The third-order valence-corrected chi connectivity index (χ3v) is 5.06. The highest BCUT2D eigenvalue weighted by Crippen LogP contribution is 2.20. The van der Waals surface area contributed by atoms with Crippen molar-refractivity contribution in [3.05, 3.63) is 71.5 Å². The first-order valence-corrected chi connectivity index (χ1v) is 9.66. The fourth-order valence-electron chi connectivity index (χ4n) is 3.44. The Morgan fingerprint density at radius 1 is 1.00 bits per heavy atom. The molecule has 3 aromatic rings. The summed E-state index contributed by atoms with van der Waals surface area (Å²) in [4.78, 5) is 31.1. The van der Waals surface area contributed by atoms with Gasteiger partial charge in [0.25, 0.3) is 17.7 Å². The van der Waals surface area contributed by atoms with E-state index < -0.39 is 0 Å². The van der Waals surface area contributed by atoms with Crippen LogP contribution in [0.25, 0.3) is 11.5 Å². The number of piperidine rings is 1. The van der Waals surface area contributed by atoms with Gasteiger partial charge in [0, 0.05) is 35.8 Å². The predicted molar refractivity (Wildman–Crippen MR) is 107 cm³/mol. The highest BCUT2D eigenvalue weighted by molar-refractivity contribution is 5.95. The minimum atomic E-state index is -0.0674. The standard InChI is InChI=1S/C22H22N4O3/c1-15-23-21(29-25-15)17-7-9-18(10-8-17)22(28)26-13-11-19(12-14-26)24-20(27)16-5-3-2-4-6-16/h2-10,19H,11-14H2,1H3,(H,24,27). The van der Waals surface area contributed by atoms with Crippen LogP contribution in [0.1, 0.15) is 39.4 Å². The molecule has 2 amide bonds. The maximum Gasteiger partial charge on any atom is 0.257 e. The number of rotatable bonds is 4. The van der Waals surface area contributed by atoms with E-state index in [-0.39, 0.29) is 17.9 Å². The zero-order valence-electron chi connectivity index (χ0n) is 16.2. The van der Waals surface area contributed by atoms with Gasteiger partial charge in [0.05, 0.1) is 0 Å². The summed E-state index contributed by atoms with van der Waals surface area (Å²) in [7, 11) is 0. The van der Waals surface area contributed by atoms with Gasteiger partial charge in [-0.05, 0) is 56.2 Å². The van der Waals surface area contributed by atoms with Crippen molar-refractivity contribution in [2.24, 2.45) is 0 Å². The molecule has 2 heterocycles. The van der Waals surface area contributed by atoms with Gasteiger partial charge >= 0.3 is 0 Å². The van der Waals surface area contributed by atoms with Crippen LogP contribution in [-0.2, 0) is 0 Å². The average Bonchev–Trinajstić information content (AvgIpc) is 3.21. The molecule has 4 rings (SSSR count). The molecule has 0 radical (unpaired) electrons. The number of nitrogens with one attached hydrogen (secondary N) is 1. The molecular weight excluding hydrogens is 368 g/mol. The van der Waals surface area contributed by atoms with Gasteiger partial charge in [-0.2, -0.15) is 4.98 Å². The molecule has 0 bridgehead atoms. The molecule has 0 saturated carbocycles. The second-order valence-electron chi connectivity index (χ2n) is 7.13. The average molecular weight is 390 g/mol. The minimum absolute atomic E-state index is 0.00824. The van der Waals surface area contributed by atoms with Gasteiger partial charge < -0.3 is 14.7 Å². The zero-order valence-corrected chi connectivity index (χ0v) is 16.2. The molecule has 1 aliphatic heterocycles. The van der Waals surface area contributed by atoms with Crippen LogP contribution in [0.2, 0.25) is 0 Å². The lowest BCUT2D eigenvalue weighted by Crippen LogP contribution is -2.46. The number of carbonyl (C=O) groups excluding carboxylic acids is 2. The molecule has 7 heteroatoms. The number of likely N-dealkylation sites (tertiary alicyclic amines) is 1. The van der Waals surface area contributed by atoms with Crippen molar-refractivity contribution >= 4 is 11.8 Å². The number of hydrogen-bond acceptors (Lipinski definition) is 5. The summed E-state index contributed by atoms with van der Waals surface area (Å²) in [5, 5.41) is 6.84. The lowest BCUT2D eigenvalue weighted by atomic mass is 10.0. The summed E-state index contributed by atoms with van der Waals surface area (Å²) in [5.74, 6) is 0.937. The molecule has 0 atom stereocenters. The van der Waals surface area contributed by atoms with Gasteiger partial charge in [-0.15, -0.1) is 0 Å². The lowest BCUT2D eigenvalue weighted by Gasteiger charge is -2.32. The van der Waals surface area contributed by atoms with Crippen LogP contribution >= 0.6 is 0 Å². The summed E-state index contributed by atoms with van der Waals surface area (Å²) in [6.07, 6.45) is 1.48. The Kier molecular flexibility index (Phi) is 5.37. The van der Waals surface area contributed by atoms with E-state index in [2.05, 4.69) is 15.5 Å². The Labute approximate surface area is 168 Å². The monoisotopic (exact) mass is 390 g/mol. The van der Waals surface area contributed by atoms with Crippen LogP contribution < -0.4 is 5.32 Å². The Morgan fingerprint density at radius 3 is 2.31 bits per heavy atom. The van der Waals surface area contributed by atoms with E-state index in [1.54, 1.807) is 31.2 Å². The highest BCUT2D eigenvalue weighted by Gasteiger charge is 2.25. The molecule has 2 aromatic carbocycles. The molecule has 1 N–H and O–H groups in total. The normalized spacial score (nSPS) is 14.6. The molecule has 0 aliphatic carbocycles. The molecule has 1 aliphatic rings. The molecular formula is C22H22N4O3. The maximum atomic E-state index is 12.8. The fourth-order valence-corrected chi connectivity index (χ4v) is 3.44. The van der Waals surface area contributed by atoms with Gasteiger partial charge in [0.15, 0.2) is 5.82 Å². The van der Waals surface area contributed by atoms with Gasteiger partial charge in [0.1, 0.15) is 0 Å². The minimum Gasteiger partial charge on any atom is -0.349 e. The molecule has 1 aromatic heterocycles. The Hall–Kier alpha value is -3.48. The van der Waals surface area contributed by atoms with Crippen molar-refractivity contribution in [3.63, 3.8) is 0 Å². The van der Waals surface area contributed by atoms with E-state index >= 15 is 0 Å². The van der Waals surface area contributed by atoms with Crippen LogP contribution in [0.4, 0.5) is 0 Å². The third kappa shape index (κ3) is 4.34. The van der Waals surface area contributed by atoms with Gasteiger partial charge in [-0.1, -0.05) is 23.4 Å². The lowest BCUT2D eigenvalue weighted by molar-refractivity contribution is 0.0698. The number of amides is 2. The number of benzene rings is 2. The topological polar surface area (TPSA) is 88.3 Å². The Morgan fingerprint density at radius 2 is 1.69 bits per heavy atom. The summed E-state index contributed by atoms with van der Waals surface area (Å²) in [6.45, 7) is 2.99. The molecule has 0 unspecified atom stereocenters. The molecule has 7 nitrogen and oxygen atoms in total. The van der Waals surface area contributed by atoms with Gasteiger partial charge in [0.2, 0.25) is 0 Å². The first-order chi connectivity index (χ1) is 14.1. The van der Waals surface area contributed by atoms with E-state index in [4.69, 9.17) is 4.52 Å². The van der Waals surface area contributed by atoms with Crippen LogP contribution in [0.15, 0.2) is 59.1 Å². The second-order valence-corrected chi connectivity index (χ2v) is 7.13. The summed E-state index contributed by atoms with van der Waals surface area (Å²) < 4.78 is 5.15. The van der Waals surface area contributed by atoms with Gasteiger partial charge in [-0.3, -0.25) is 9.59 Å². The van der Waals surface area contributed by atoms with Crippen molar-refractivity contribution in [2.45, 2.75) is 25.8 Å². The molecule has 148 valence electrons. The van der Waals surface area contributed by atoms with Crippen molar-refractivity contribution in [1.82, 2.24) is 20.4 Å². The van der Waals surface area contributed by atoms with Crippen LogP contribution in [-0.4, -0.2) is 46.0 Å². The number of carbonyl (C=O) groups is 2. The van der Waals surface area contributed by atoms with Gasteiger partial charge in [-0.25, -0.2) is 0 Å². The Balaban J connectivity index is 1.32. The van der Waals surface area contributed by atoms with E-state index in [9.17, 15) is 9.59 Å². The zero-order chi connectivity index (χ0) is 20.2. The first kappa shape index (κ1) is 18.9. The molecule has 1 fully saturated rings. The fraction of sp³-hybridized carbons (Fsp3) is 0.273. The van der Waals surface area contributed by atoms with Crippen molar-refractivity contribution in [1.29, 1.82) is 0 Å². The number of hydrogen-bond donors (Lipinski definition) is 1. The number of aryl methyl sites for hydroxylation is 1. The number of nitrogens with zero attached hydrogens (tertiary/aromatic N) is 3. The van der Waals surface area contributed by atoms with Crippen LogP contribution in [0.5, 0.6) is 0 Å². The van der Waals surface area contributed by atoms with E-state index in [0.29, 0.717) is 35.9 Å². The van der Waals surface area contributed by atoms with E-state index in [1.165, 1.54) is 0 Å². The highest BCUT2D eigenvalue weighted by atomic mass is 16.5. The van der Waals surface area contributed by atoms with Crippen LogP contribution in [0, 0.1) is 6.92 Å². The Bertz CT molecular complexity index is 990. The third-order valence-electron chi connectivity index (χ3n) is 5.06. The summed E-state index contributed by atoms with van der Waals surface area (Å²) in [6, 6.07) is 16.4. The summed E-state index contributed by atoms with van der Waals surface area (Å²) >= 11 is 0. The first-order valence-electron chi connectivity index (χ1n) is 9.66. The molecule has 29 heavy (non-hydrogen) atoms. The quantitative estimate of drug-likeness (QED) is 0.740. The SMILES string of the molecule is Cc1noc(-c2ccc(C(=O)N3CCC(NC(=O)c4ccccc4)CC3)cc2)n1.